The second kappa shape index (κ2) is 5.43. The van der Waals surface area contributed by atoms with Gasteiger partial charge in [0.25, 0.3) is 0 Å². The van der Waals surface area contributed by atoms with Crippen LogP contribution in [0.5, 0.6) is 0 Å². The number of carbonyl (C=O) groups is 1. The van der Waals surface area contributed by atoms with E-state index in [4.69, 9.17) is 11.6 Å². The van der Waals surface area contributed by atoms with Crippen molar-refractivity contribution in [3.05, 3.63) is 16.9 Å². The first-order chi connectivity index (χ1) is 8.50. The minimum atomic E-state index is 0.132. The topological polar surface area (TPSA) is 34.9 Å². The molecule has 1 aliphatic rings. The second-order valence-electron chi connectivity index (χ2n) is 5.70. The Morgan fingerprint density at radius 3 is 2.56 bits per heavy atom. The van der Waals surface area contributed by atoms with Crippen molar-refractivity contribution in [2.45, 2.75) is 52.5 Å². The van der Waals surface area contributed by atoms with Gasteiger partial charge in [-0.15, -0.1) is 0 Å². The van der Waals surface area contributed by atoms with Crippen molar-refractivity contribution in [3.8, 4) is 0 Å². The highest BCUT2D eigenvalue weighted by molar-refractivity contribution is 6.33. The number of aromatic nitrogens is 2. The van der Waals surface area contributed by atoms with Gasteiger partial charge >= 0.3 is 0 Å². The lowest BCUT2D eigenvalue weighted by molar-refractivity contribution is 0.0862. The number of hydrogen-bond donors (Lipinski definition) is 0. The molecule has 0 N–H and O–H groups in total. The van der Waals surface area contributed by atoms with E-state index in [0.29, 0.717) is 10.7 Å². The molecule has 0 aliphatic heterocycles. The molecule has 3 nitrogen and oxygen atoms in total. The highest BCUT2D eigenvalue weighted by atomic mass is 35.5. The highest BCUT2D eigenvalue weighted by Gasteiger charge is 2.29. The maximum atomic E-state index is 12.6. The van der Waals surface area contributed by atoms with Gasteiger partial charge in [-0.2, -0.15) is 5.10 Å². The summed E-state index contributed by atoms with van der Waals surface area (Å²) >= 11 is 6.13. The number of Topliss-reactive ketones (excluding diaryl/α,β-unsaturated/α-hetero) is 1. The normalized spacial score (nSPS) is 24.5. The monoisotopic (exact) mass is 268 g/mol. The molecule has 0 aromatic carbocycles. The van der Waals surface area contributed by atoms with Crippen LogP contribution >= 0.6 is 11.6 Å². The van der Waals surface area contributed by atoms with E-state index in [0.717, 1.165) is 31.6 Å². The summed E-state index contributed by atoms with van der Waals surface area (Å²) in [6.45, 7) is 6.29. The van der Waals surface area contributed by atoms with Crippen LogP contribution in [0.2, 0.25) is 5.02 Å². The molecule has 0 atom stereocenters. The van der Waals surface area contributed by atoms with Crippen molar-refractivity contribution in [2.24, 2.45) is 11.8 Å². The van der Waals surface area contributed by atoms with E-state index >= 15 is 0 Å². The van der Waals surface area contributed by atoms with Gasteiger partial charge in [-0.1, -0.05) is 31.4 Å². The predicted octanol–water partition coefficient (Wildman–Crippen LogP) is 4.13. The Hall–Kier alpha value is -0.830. The Kier molecular flexibility index (Phi) is 4.10. The Morgan fingerprint density at radius 2 is 2.00 bits per heavy atom. The minimum absolute atomic E-state index is 0.132. The van der Waals surface area contributed by atoms with Gasteiger partial charge in [0.05, 0.1) is 11.2 Å². The smallest absolute Gasteiger partial charge is 0.185 e. The van der Waals surface area contributed by atoms with E-state index in [-0.39, 0.29) is 17.7 Å². The lowest BCUT2D eigenvalue weighted by Crippen LogP contribution is -2.24. The number of nitrogens with zero attached hydrogens (tertiary/aromatic N) is 2. The summed E-state index contributed by atoms with van der Waals surface area (Å²) in [5, 5.41) is 4.70. The zero-order valence-corrected chi connectivity index (χ0v) is 12.1. The van der Waals surface area contributed by atoms with E-state index in [9.17, 15) is 4.79 Å². The molecule has 0 unspecified atom stereocenters. The molecule has 1 heterocycles. The average molecular weight is 269 g/mol. The molecule has 18 heavy (non-hydrogen) atoms. The first-order valence-corrected chi connectivity index (χ1v) is 7.15. The molecular formula is C14H21ClN2O. The molecule has 100 valence electrons. The van der Waals surface area contributed by atoms with Crippen molar-refractivity contribution in [1.82, 2.24) is 9.78 Å². The molecule has 2 rings (SSSR count). The third kappa shape index (κ3) is 2.61. The van der Waals surface area contributed by atoms with Crippen molar-refractivity contribution < 1.29 is 4.79 Å². The molecule has 4 heteroatoms. The molecule has 0 spiro atoms. The largest absolute Gasteiger partial charge is 0.292 e. The molecule has 1 aliphatic carbocycles. The third-order valence-electron chi connectivity index (χ3n) is 3.86. The molecule has 0 bridgehead atoms. The van der Waals surface area contributed by atoms with Gasteiger partial charge in [-0.25, -0.2) is 0 Å². The molecular weight excluding hydrogens is 248 g/mol. The molecule has 0 radical (unpaired) electrons. The summed E-state index contributed by atoms with van der Waals surface area (Å²) in [5.74, 6) is 1.06. The van der Waals surface area contributed by atoms with Crippen LogP contribution in [0.3, 0.4) is 0 Å². The fourth-order valence-electron chi connectivity index (χ4n) is 2.68. The maximum Gasteiger partial charge on any atom is 0.185 e. The van der Waals surface area contributed by atoms with Crippen molar-refractivity contribution in [1.29, 1.82) is 0 Å². The standard InChI is InChI=1S/C14H21ClN2O/c1-9(2)17-13(12(15)8-16-17)14(18)11-6-4-10(3)5-7-11/h8-11H,4-7H2,1-3H3. The van der Waals surface area contributed by atoms with E-state index in [2.05, 4.69) is 12.0 Å². The van der Waals surface area contributed by atoms with E-state index in [1.807, 2.05) is 13.8 Å². The average Bonchev–Trinajstić information content (AvgIpc) is 2.71. The van der Waals surface area contributed by atoms with Crippen LogP contribution in [0.15, 0.2) is 6.20 Å². The third-order valence-corrected chi connectivity index (χ3v) is 4.14. The van der Waals surface area contributed by atoms with Gasteiger partial charge in [0.1, 0.15) is 5.69 Å². The fourth-order valence-corrected chi connectivity index (χ4v) is 2.90. The quantitative estimate of drug-likeness (QED) is 0.773. The lowest BCUT2D eigenvalue weighted by atomic mass is 9.80. The number of hydrogen-bond acceptors (Lipinski definition) is 2. The summed E-state index contributed by atoms with van der Waals surface area (Å²) in [4.78, 5) is 12.6. The molecule has 0 amide bonds. The first-order valence-electron chi connectivity index (χ1n) is 6.78. The summed E-state index contributed by atoms with van der Waals surface area (Å²) in [5.41, 5.74) is 0.603. The fraction of sp³-hybridized carbons (Fsp3) is 0.714. The number of ketones is 1. The summed E-state index contributed by atoms with van der Waals surface area (Å²) in [6, 6.07) is 0.166. The van der Waals surface area contributed by atoms with Crippen LogP contribution in [0.25, 0.3) is 0 Å². The van der Waals surface area contributed by atoms with E-state index < -0.39 is 0 Å². The van der Waals surface area contributed by atoms with E-state index in [1.54, 1.807) is 10.9 Å². The van der Waals surface area contributed by atoms with Gasteiger partial charge in [0.2, 0.25) is 0 Å². The molecule has 1 aromatic rings. The number of halogens is 1. The molecule has 1 aromatic heterocycles. The Bertz CT molecular complexity index is 431. The Balaban J connectivity index is 2.21. The zero-order valence-electron chi connectivity index (χ0n) is 11.3. The van der Waals surface area contributed by atoms with Crippen LogP contribution < -0.4 is 0 Å². The predicted molar refractivity (Wildman–Crippen MR) is 73.1 cm³/mol. The van der Waals surface area contributed by atoms with E-state index in [1.165, 1.54) is 0 Å². The van der Waals surface area contributed by atoms with Gasteiger partial charge < -0.3 is 0 Å². The van der Waals surface area contributed by atoms with Crippen LogP contribution in [0, 0.1) is 11.8 Å². The van der Waals surface area contributed by atoms with Gasteiger partial charge in [0.15, 0.2) is 5.78 Å². The van der Waals surface area contributed by atoms with Gasteiger partial charge in [-0.05, 0) is 32.6 Å². The SMILES string of the molecule is CC1CCC(C(=O)c2c(Cl)cnn2C(C)C)CC1. The minimum Gasteiger partial charge on any atom is -0.292 e. The summed E-state index contributed by atoms with van der Waals surface area (Å²) < 4.78 is 1.75. The summed E-state index contributed by atoms with van der Waals surface area (Å²) in [7, 11) is 0. The van der Waals surface area contributed by atoms with Crippen molar-refractivity contribution >= 4 is 17.4 Å². The van der Waals surface area contributed by atoms with Crippen LogP contribution in [0.1, 0.15) is 63.0 Å². The first kappa shape index (κ1) is 13.6. The Morgan fingerprint density at radius 1 is 1.39 bits per heavy atom. The molecule has 1 saturated carbocycles. The van der Waals surface area contributed by atoms with Crippen LogP contribution in [-0.2, 0) is 0 Å². The van der Waals surface area contributed by atoms with Crippen molar-refractivity contribution in [3.63, 3.8) is 0 Å². The zero-order chi connectivity index (χ0) is 13.3. The van der Waals surface area contributed by atoms with Crippen LogP contribution in [0.4, 0.5) is 0 Å². The van der Waals surface area contributed by atoms with Crippen LogP contribution in [-0.4, -0.2) is 15.6 Å². The Labute approximate surface area is 114 Å². The molecule has 1 fully saturated rings. The van der Waals surface area contributed by atoms with Gasteiger partial charge in [-0.3, -0.25) is 9.48 Å². The highest BCUT2D eigenvalue weighted by Crippen LogP contribution is 2.32. The summed E-state index contributed by atoms with van der Waals surface area (Å²) in [6.07, 6.45) is 5.84. The molecule has 0 saturated heterocycles. The van der Waals surface area contributed by atoms with Crippen molar-refractivity contribution in [2.75, 3.05) is 0 Å². The number of carbonyl (C=O) groups excluding carboxylic acids is 1. The second-order valence-corrected chi connectivity index (χ2v) is 6.11. The van der Waals surface area contributed by atoms with Gasteiger partial charge in [0, 0.05) is 12.0 Å². The lowest BCUT2D eigenvalue weighted by Gasteiger charge is -2.25. The number of rotatable bonds is 3. The maximum absolute atomic E-state index is 12.6.